The molecule has 27 heavy (non-hydrogen) atoms. The van der Waals surface area contributed by atoms with E-state index >= 15 is 0 Å². The third-order valence-electron chi connectivity index (χ3n) is 5.20. The van der Waals surface area contributed by atoms with Crippen LogP contribution >= 0.6 is 0 Å². The van der Waals surface area contributed by atoms with Crippen molar-refractivity contribution in [3.05, 3.63) is 11.4 Å². The molecule has 0 aromatic carbocycles. The predicted molar refractivity (Wildman–Crippen MR) is 89.2 cm³/mol. The van der Waals surface area contributed by atoms with Crippen molar-refractivity contribution in [1.29, 1.82) is 0 Å². The zero-order valence-corrected chi connectivity index (χ0v) is 15.2. The Morgan fingerprint density at radius 2 is 1.85 bits per heavy atom. The number of carbonyl (C=O) groups excluding carboxylic acids is 1. The van der Waals surface area contributed by atoms with E-state index in [9.17, 15) is 22.4 Å². The van der Waals surface area contributed by atoms with Gasteiger partial charge in [-0.15, -0.1) is 5.10 Å². The monoisotopic (exact) mass is 392 g/mol. The summed E-state index contributed by atoms with van der Waals surface area (Å²) in [5.74, 6) is -4.34. The number of amides is 1. The number of piperazine rings is 1. The lowest BCUT2D eigenvalue weighted by atomic mass is 10.1. The molecule has 2 aliphatic heterocycles. The second kappa shape index (κ2) is 8.09. The van der Waals surface area contributed by atoms with Gasteiger partial charge in [0.25, 0.3) is 5.91 Å². The second-order valence-electron chi connectivity index (χ2n) is 7.08. The Kier molecular flexibility index (Phi) is 5.99. The number of halogens is 4. The van der Waals surface area contributed by atoms with E-state index in [2.05, 4.69) is 15.6 Å². The average Bonchev–Trinajstić information content (AvgIpc) is 3.03. The topological polar surface area (TPSA) is 66.3 Å². The Balaban J connectivity index is 1.59. The fourth-order valence-electron chi connectivity index (χ4n) is 3.56. The summed E-state index contributed by atoms with van der Waals surface area (Å²) in [6.07, 6.45) is -1.87. The maximum absolute atomic E-state index is 13.2. The molecule has 0 bridgehead atoms. The molecule has 0 radical (unpaired) electrons. The zero-order valence-electron chi connectivity index (χ0n) is 15.2. The summed E-state index contributed by atoms with van der Waals surface area (Å²) in [6.45, 7) is 3.20. The van der Waals surface area contributed by atoms with Gasteiger partial charge in [-0.1, -0.05) is 5.21 Å². The van der Waals surface area contributed by atoms with Gasteiger partial charge in [-0.25, -0.2) is 13.5 Å². The molecular formula is C16H24F4N6O. The van der Waals surface area contributed by atoms with E-state index in [1.807, 2.05) is 0 Å². The molecule has 11 heteroatoms. The molecule has 0 aliphatic carbocycles. The Labute approximate surface area is 154 Å². The highest BCUT2D eigenvalue weighted by Gasteiger charge is 2.43. The highest BCUT2D eigenvalue weighted by Crippen LogP contribution is 2.25. The number of piperidine rings is 1. The summed E-state index contributed by atoms with van der Waals surface area (Å²) in [7, 11) is 0. The van der Waals surface area contributed by atoms with Gasteiger partial charge in [-0.05, 0) is 32.9 Å². The molecule has 0 unspecified atom stereocenters. The number of rotatable bonds is 5. The molecule has 3 heterocycles. The molecule has 2 aliphatic rings. The first-order chi connectivity index (χ1) is 12.8. The molecule has 7 nitrogen and oxygen atoms in total. The second-order valence-corrected chi connectivity index (χ2v) is 7.08. The van der Waals surface area contributed by atoms with Crippen LogP contribution in [0.5, 0.6) is 0 Å². The molecule has 0 spiro atoms. The molecule has 1 amide bonds. The Hall–Kier alpha value is -1.75. The molecule has 0 atom stereocenters. The first-order valence-corrected chi connectivity index (χ1v) is 9.09. The predicted octanol–water partition coefficient (Wildman–Crippen LogP) is 1.17. The van der Waals surface area contributed by atoms with Crippen LogP contribution in [0.15, 0.2) is 0 Å². The number of hydrogen-bond donors (Lipinski definition) is 1. The quantitative estimate of drug-likeness (QED) is 0.762. The van der Waals surface area contributed by atoms with Gasteiger partial charge >= 0.3 is 12.3 Å². The van der Waals surface area contributed by atoms with E-state index in [4.69, 9.17) is 0 Å². The molecule has 1 N–H and O–H groups in total. The van der Waals surface area contributed by atoms with Crippen molar-refractivity contribution in [3.8, 4) is 0 Å². The fourth-order valence-corrected chi connectivity index (χ4v) is 3.56. The van der Waals surface area contributed by atoms with E-state index < -0.39 is 18.9 Å². The van der Waals surface area contributed by atoms with Gasteiger partial charge in [0.2, 0.25) is 0 Å². The van der Waals surface area contributed by atoms with Crippen LogP contribution in [0.3, 0.4) is 0 Å². The average molecular weight is 392 g/mol. The van der Waals surface area contributed by atoms with Gasteiger partial charge in [-0.3, -0.25) is 9.69 Å². The first kappa shape index (κ1) is 20.0. The maximum Gasteiger partial charge on any atom is 0.319 e. The van der Waals surface area contributed by atoms with Crippen molar-refractivity contribution in [2.24, 2.45) is 0 Å². The molecule has 152 valence electrons. The fraction of sp³-hybridized carbons (Fsp3) is 0.812. The summed E-state index contributed by atoms with van der Waals surface area (Å²) in [4.78, 5) is 15.5. The van der Waals surface area contributed by atoms with Crippen LogP contribution in [0.4, 0.5) is 17.6 Å². The summed E-state index contributed by atoms with van der Waals surface area (Å²) in [6, 6.07) is 0.203. The molecule has 2 saturated heterocycles. The van der Waals surface area contributed by atoms with Crippen LogP contribution in [0.25, 0.3) is 0 Å². The van der Waals surface area contributed by atoms with Crippen molar-refractivity contribution in [3.63, 3.8) is 0 Å². The number of nitrogens with one attached hydrogen (secondary N) is 1. The summed E-state index contributed by atoms with van der Waals surface area (Å²) in [5, 5.41) is 11.4. The maximum atomic E-state index is 13.2. The van der Waals surface area contributed by atoms with Crippen LogP contribution in [0.1, 0.15) is 35.1 Å². The highest BCUT2D eigenvalue weighted by atomic mass is 19.3. The van der Waals surface area contributed by atoms with Crippen LogP contribution < -0.4 is 5.32 Å². The zero-order chi connectivity index (χ0) is 19.6. The van der Waals surface area contributed by atoms with Crippen molar-refractivity contribution >= 4 is 5.91 Å². The number of hydrogen-bond acceptors (Lipinski definition) is 5. The first-order valence-electron chi connectivity index (χ1n) is 9.09. The Bertz CT molecular complexity index is 653. The van der Waals surface area contributed by atoms with E-state index in [0.717, 1.165) is 25.9 Å². The largest absolute Gasteiger partial charge is 0.335 e. The van der Waals surface area contributed by atoms with Crippen molar-refractivity contribution in [1.82, 2.24) is 30.1 Å². The SMILES string of the molecule is Cc1c(C(=O)N2CCN(CC(F)(F)C(F)F)CC2)nnn1C1CCNCC1. The van der Waals surface area contributed by atoms with Gasteiger partial charge in [-0.2, -0.15) is 8.78 Å². The van der Waals surface area contributed by atoms with E-state index in [1.54, 1.807) is 11.6 Å². The highest BCUT2D eigenvalue weighted by molar-refractivity contribution is 5.93. The third-order valence-corrected chi connectivity index (χ3v) is 5.20. The minimum absolute atomic E-state index is 0.121. The minimum atomic E-state index is -4.04. The number of alkyl halides is 4. The van der Waals surface area contributed by atoms with Gasteiger partial charge in [0.15, 0.2) is 5.69 Å². The summed E-state index contributed by atoms with van der Waals surface area (Å²) in [5.41, 5.74) is 0.957. The number of nitrogens with zero attached hydrogens (tertiary/aromatic N) is 5. The molecule has 1 aromatic heterocycles. The smallest absolute Gasteiger partial charge is 0.319 e. The molecule has 1 aromatic rings. The Morgan fingerprint density at radius 1 is 1.22 bits per heavy atom. The summed E-state index contributed by atoms with van der Waals surface area (Å²) >= 11 is 0. The van der Waals surface area contributed by atoms with Crippen molar-refractivity contribution in [2.75, 3.05) is 45.8 Å². The Morgan fingerprint density at radius 3 is 2.44 bits per heavy atom. The van der Waals surface area contributed by atoms with Crippen LogP contribution in [-0.2, 0) is 0 Å². The van der Waals surface area contributed by atoms with Gasteiger partial charge in [0, 0.05) is 26.2 Å². The lowest BCUT2D eigenvalue weighted by Crippen LogP contribution is -2.52. The van der Waals surface area contributed by atoms with Crippen LogP contribution in [0, 0.1) is 6.92 Å². The lowest BCUT2D eigenvalue weighted by Gasteiger charge is -2.35. The van der Waals surface area contributed by atoms with E-state index in [0.29, 0.717) is 5.69 Å². The minimum Gasteiger partial charge on any atom is -0.335 e. The molecule has 3 rings (SSSR count). The van der Waals surface area contributed by atoms with Crippen LogP contribution in [-0.4, -0.2) is 88.9 Å². The molecule has 0 saturated carbocycles. The standard InChI is InChI=1S/C16H24F4N6O/c1-11-13(22-23-26(11)12-2-4-21-5-3-12)14(27)25-8-6-24(7-9-25)10-16(19,20)15(17)18/h12,15,21H,2-10H2,1H3. The van der Waals surface area contributed by atoms with E-state index in [1.165, 1.54) is 9.80 Å². The van der Waals surface area contributed by atoms with Gasteiger partial charge in [0.05, 0.1) is 18.3 Å². The third kappa shape index (κ3) is 4.40. The van der Waals surface area contributed by atoms with Crippen molar-refractivity contribution < 1.29 is 22.4 Å². The molecule has 2 fully saturated rings. The van der Waals surface area contributed by atoms with Crippen molar-refractivity contribution in [2.45, 2.75) is 38.2 Å². The molecular weight excluding hydrogens is 368 g/mol. The number of carbonyl (C=O) groups is 1. The lowest BCUT2D eigenvalue weighted by molar-refractivity contribution is -0.144. The van der Waals surface area contributed by atoms with Gasteiger partial charge < -0.3 is 10.2 Å². The van der Waals surface area contributed by atoms with Gasteiger partial charge in [0.1, 0.15) is 0 Å². The normalized spacial score (nSPS) is 20.4. The number of aromatic nitrogens is 3. The van der Waals surface area contributed by atoms with E-state index in [-0.39, 0.29) is 43.8 Å². The summed E-state index contributed by atoms with van der Waals surface area (Å²) < 4.78 is 52.8. The van der Waals surface area contributed by atoms with Crippen LogP contribution in [0.2, 0.25) is 0 Å².